The molecular formula is C8H15NO2. The average molecular weight is 157 g/mol. The minimum atomic E-state index is -0.275. The minimum absolute atomic E-state index is 0.0984. The molecule has 0 bridgehead atoms. The Bertz CT molecular complexity index is 159. The molecule has 11 heavy (non-hydrogen) atoms. The molecule has 2 rings (SSSR count). The van der Waals surface area contributed by atoms with Crippen LogP contribution in [0.15, 0.2) is 0 Å². The number of fused-ring (bicyclic) bond motifs is 1. The highest BCUT2D eigenvalue weighted by molar-refractivity contribution is 5.15. The van der Waals surface area contributed by atoms with E-state index >= 15 is 0 Å². The Balaban J connectivity index is 2.12. The van der Waals surface area contributed by atoms with E-state index in [1.165, 1.54) is 6.42 Å². The Kier molecular flexibility index (Phi) is 1.50. The third-order valence-corrected chi connectivity index (χ3v) is 3.61. The summed E-state index contributed by atoms with van der Waals surface area (Å²) in [5.74, 6) is 0.464. The van der Waals surface area contributed by atoms with Crippen molar-refractivity contribution in [2.75, 3.05) is 19.8 Å². The highest BCUT2D eigenvalue weighted by Gasteiger charge is 2.61. The maximum Gasteiger partial charge on any atom is 0.0716 e. The molecule has 0 aromatic rings. The van der Waals surface area contributed by atoms with E-state index in [4.69, 9.17) is 10.2 Å². The van der Waals surface area contributed by atoms with E-state index in [-0.39, 0.29) is 18.8 Å². The molecule has 2 atom stereocenters. The zero-order valence-corrected chi connectivity index (χ0v) is 6.82. The Morgan fingerprint density at radius 1 is 1.45 bits per heavy atom. The van der Waals surface area contributed by atoms with Crippen LogP contribution in [-0.4, -0.2) is 46.5 Å². The lowest BCUT2D eigenvalue weighted by atomic mass is 9.64. The van der Waals surface area contributed by atoms with Gasteiger partial charge in [0.2, 0.25) is 0 Å². The normalized spacial score (nSPS) is 40.6. The first-order valence-electron chi connectivity index (χ1n) is 4.25. The Morgan fingerprint density at radius 2 is 2.09 bits per heavy atom. The second-order valence-corrected chi connectivity index (χ2v) is 3.76. The quantitative estimate of drug-likeness (QED) is 0.564. The zero-order chi connectivity index (χ0) is 8.06. The summed E-state index contributed by atoms with van der Waals surface area (Å²) < 4.78 is 0. The number of piperidine rings is 1. The van der Waals surface area contributed by atoms with E-state index in [0.717, 1.165) is 6.54 Å². The van der Waals surface area contributed by atoms with Crippen molar-refractivity contribution in [2.45, 2.75) is 24.9 Å². The van der Waals surface area contributed by atoms with Gasteiger partial charge in [0.25, 0.3) is 0 Å². The van der Waals surface area contributed by atoms with Gasteiger partial charge in [-0.25, -0.2) is 0 Å². The van der Waals surface area contributed by atoms with Gasteiger partial charge in [0.15, 0.2) is 0 Å². The molecule has 2 N–H and O–H groups in total. The van der Waals surface area contributed by atoms with E-state index in [0.29, 0.717) is 12.0 Å². The fourth-order valence-electron chi connectivity index (χ4n) is 2.54. The Labute approximate surface area is 66.6 Å². The summed E-state index contributed by atoms with van der Waals surface area (Å²) in [5, 5.41) is 18.3. The summed E-state index contributed by atoms with van der Waals surface area (Å²) in [6, 6.07) is 0.647. The molecule has 0 saturated carbocycles. The van der Waals surface area contributed by atoms with Crippen molar-refractivity contribution in [3.63, 3.8) is 0 Å². The maximum absolute atomic E-state index is 9.13. The lowest BCUT2D eigenvalue weighted by Crippen LogP contribution is -2.81. The van der Waals surface area contributed by atoms with Gasteiger partial charge in [0.1, 0.15) is 0 Å². The van der Waals surface area contributed by atoms with E-state index in [1.807, 2.05) is 0 Å². The van der Waals surface area contributed by atoms with Crippen LogP contribution >= 0.6 is 0 Å². The van der Waals surface area contributed by atoms with Gasteiger partial charge in [-0.1, -0.05) is 6.92 Å². The molecule has 2 fully saturated rings. The van der Waals surface area contributed by atoms with E-state index in [9.17, 15) is 0 Å². The molecular weight excluding hydrogens is 142 g/mol. The summed E-state index contributed by atoms with van der Waals surface area (Å²) in [6.45, 7) is 3.37. The van der Waals surface area contributed by atoms with Crippen molar-refractivity contribution in [2.24, 2.45) is 5.92 Å². The molecule has 2 saturated heterocycles. The van der Waals surface area contributed by atoms with Crippen LogP contribution in [0.25, 0.3) is 0 Å². The van der Waals surface area contributed by atoms with Crippen LogP contribution in [0.4, 0.5) is 0 Å². The van der Waals surface area contributed by atoms with Gasteiger partial charge in [0, 0.05) is 12.6 Å². The second kappa shape index (κ2) is 2.19. The van der Waals surface area contributed by atoms with Crippen molar-refractivity contribution in [1.82, 2.24) is 4.90 Å². The number of hydrogen-bond acceptors (Lipinski definition) is 3. The molecule has 0 aromatic heterocycles. The predicted molar refractivity (Wildman–Crippen MR) is 41.2 cm³/mol. The number of nitrogens with zero attached hydrogens (tertiary/aromatic N) is 1. The van der Waals surface area contributed by atoms with Crippen molar-refractivity contribution in [3.8, 4) is 0 Å². The highest BCUT2D eigenvalue weighted by Crippen LogP contribution is 2.48. The molecule has 2 unspecified atom stereocenters. The molecule has 0 aromatic carbocycles. The number of rotatable bonds is 2. The molecule has 2 aliphatic heterocycles. The molecule has 0 amide bonds. The van der Waals surface area contributed by atoms with E-state index < -0.39 is 0 Å². The molecule has 0 aliphatic carbocycles. The molecule has 2 heterocycles. The topological polar surface area (TPSA) is 43.7 Å². The van der Waals surface area contributed by atoms with Crippen molar-refractivity contribution < 1.29 is 10.2 Å². The molecule has 3 heteroatoms. The van der Waals surface area contributed by atoms with Crippen LogP contribution in [0.3, 0.4) is 0 Å². The minimum Gasteiger partial charge on any atom is -0.394 e. The van der Waals surface area contributed by atoms with Gasteiger partial charge in [-0.15, -0.1) is 0 Å². The maximum atomic E-state index is 9.13. The predicted octanol–water partition coefficient (Wildman–Crippen LogP) is -0.566. The van der Waals surface area contributed by atoms with Crippen molar-refractivity contribution in [3.05, 3.63) is 0 Å². The average Bonchev–Trinajstić information content (AvgIpc) is 1.97. The molecule has 64 valence electrons. The van der Waals surface area contributed by atoms with Crippen LogP contribution in [0.1, 0.15) is 13.3 Å². The standard InChI is InChI=1S/C8H15NO2/c1-6-7-2-3-9(7)8(6,4-10)5-11/h6-7,10-11H,2-5H2,1H3. The first-order valence-corrected chi connectivity index (χ1v) is 4.25. The van der Waals surface area contributed by atoms with Crippen molar-refractivity contribution in [1.29, 1.82) is 0 Å². The first kappa shape index (κ1) is 7.53. The van der Waals surface area contributed by atoms with Crippen LogP contribution < -0.4 is 0 Å². The van der Waals surface area contributed by atoms with Gasteiger partial charge in [-0.2, -0.15) is 0 Å². The van der Waals surface area contributed by atoms with E-state index in [2.05, 4.69) is 11.8 Å². The van der Waals surface area contributed by atoms with Gasteiger partial charge < -0.3 is 10.2 Å². The molecule has 0 radical (unpaired) electrons. The summed E-state index contributed by atoms with van der Waals surface area (Å²) >= 11 is 0. The summed E-state index contributed by atoms with van der Waals surface area (Å²) in [4.78, 5) is 2.22. The van der Waals surface area contributed by atoms with Gasteiger partial charge in [-0.05, 0) is 12.3 Å². The SMILES string of the molecule is CC1C2CCN2C1(CO)CO. The molecule has 2 aliphatic rings. The fourth-order valence-corrected chi connectivity index (χ4v) is 2.54. The first-order chi connectivity index (χ1) is 5.26. The van der Waals surface area contributed by atoms with Gasteiger partial charge in [0.05, 0.1) is 18.8 Å². The Morgan fingerprint density at radius 3 is 2.27 bits per heavy atom. The lowest BCUT2D eigenvalue weighted by Gasteiger charge is -2.68. The second-order valence-electron chi connectivity index (χ2n) is 3.76. The van der Waals surface area contributed by atoms with Crippen LogP contribution in [0.2, 0.25) is 0 Å². The van der Waals surface area contributed by atoms with Crippen LogP contribution in [0, 0.1) is 5.92 Å². The third kappa shape index (κ3) is 0.643. The fraction of sp³-hybridized carbons (Fsp3) is 1.00. The summed E-state index contributed by atoms with van der Waals surface area (Å²) in [6.07, 6.45) is 1.24. The number of aliphatic hydroxyl groups excluding tert-OH is 2. The summed E-state index contributed by atoms with van der Waals surface area (Å²) in [7, 11) is 0. The largest absolute Gasteiger partial charge is 0.394 e. The molecule has 3 nitrogen and oxygen atoms in total. The Hall–Kier alpha value is -0.120. The van der Waals surface area contributed by atoms with Crippen LogP contribution in [-0.2, 0) is 0 Å². The number of aliphatic hydroxyl groups is 2. The summed E-state index contributed by atoms with van der Waals surface area (Å²) in [5.41, 5.74) is -0.275. The van der Waals surface area contributed by atoms with E-state index in [1.54, 1.807) is 0 Å². The third-order valence-electron chi connectivity index (χ3n) is 3.61. The lowest BCUT2D eigenvalue weighted by molar-refractivity contribution is -0.223. The smallest absolute Gasteiger partial charge is 0.0716 e. The number of hydrogen-bond donors (Lipinski definition) is 2. The zero-order valence-electron chi connectivity index (χ0n) is 6.82. The molecule has 0 spiro atoms. The van der Waals surface area contributed by atoms with Gasteiger partial charge >= 0.3 is 0 Å². The van der Waals surface area contributed by atoms with Gasteiger partial charge in [-0.3, -0.25) is 4.90 Å². The van der Waals surface area contributed by atoms with Crippen molar-refractivity contribution >= 4 is 0 Å². The highest BCUT2D eigenvalue weighted by atomic mass is 16.3. The van der Waals surface area contributed by atoms with Crippen LogP contribution in [0.5, 0.6) is 0 Å². The monoisotopic (exact) mass is 157 g/mol.